The van der Waals surface area contributed by atoms with Crippen LogP contribution >= 0.6 is 0 Å². The Kier molecular flexibility index (Phi) is 7.41. The molecule has 30 heavy (non-hydrogen) atoms. The minimum Gasteiger partial charge on any atom is -0.481 e. The van der Waals surface area contributed by atoms with Crippen molar-refractivity contribution in [1.82, 2.24) is 5.32 Å². The maximum Gasteiger partial charge on any atom is 0.261 e. The molecule has 1 N–H and O–H groups in total. The zero-order valence-electron chi connectivity index (χ0n) is 19.0. The van der Waals surface area contributed by atoms with Crippen molar-refractivity contribution in [2.75, 3.05) is 18.0 Å². The van der Waals surface area contributed by atoms with Crippen LogP contribution in [0.15, 0.2) is 48.5 Å². The van der Waals surface area contributed by atoms with Crippen molar-refractivity contribution in [3.05, 3.63) is 59.7 Å². The zero-order valence-corrected chi connectivity index (χ0v) is 19.0. The van der Waals surface area contributed by atoms with E-state index in [4.69, 9.17) is 4.74 Å². The number of anilines is 1. The summed E-state index contributed by atoms with van der Waals surface area (Å²) in [6.07, 6.45) is 1.96. The maximum absolute atomic E-state index is 12.7. The van der Waals surface area contributed by atoms with Crippen LogP contribution in [-0.2, 0) is 4.79 Å². The molecule has 1 aliphatic heterocycles. The summed E-state index contributed by atoms with van der Waals surface area (Å²) in [5, 5.41) is 3.09. The van der Waals surface area contributed by atoms with E-state index in [0.29, 0.717) is 5.92 Å². The van der Waals surface area contributed by atoms with E-state index in [9.17, 15) is 4.79 Å². The molecule has 1 saturated heterocycles. The van der Waals surface area contributed by atoms with E-state index in [-0.39, 0.29) is 11.9 Å². The summed E-state index contributed by atoms with van der Waals surface area (Å²) in [5.41, 5.74) is 3.49. The lowest BCUT2D eigenvalue weighted by atomic mass is 9.98. The number of ether oxygens (including phenoxy) is 1. The van der Waals surface area contributed by atoms with Gasteiger partial charge in [0, 0.05) is 18.8 Å². The largest absolute Gasteiger partial charge is 0.481 e. The van der Waals surface area contributed by atoms with Crippen LogP contribution in [0.2, 0.25) is 0 Å². The van der Waals surface area contributed by atoms with Crippen molar-refractivity contribution in [2.24, 2.45) is 5.92 Å². The predicted molar refractivity (Wildman–Crippen MR) is 124 cm³/mol. The molecule has 0 unspecified atom stereocenters. The van der Waals surface area contributed by atoms with E-state index in [0.717, 1.165) is 35.9 Å². The smallest absolute Gasteiger partial charge is 0.261 e. The number of para-hydroxylation sites is 1. The molecule has 0 aliphatic carbocycles. The molecule has 2 aromatic rings. The van der Waals surface area contributed by atoms with Crippen molar-refractivity contribution in [2.45, 2.75) is 65.5 Å². The highest BCUT2D eigenvalue weighted by Crippen LogP contribution is 2.27. The second kappa shape index (κ2) is 10.0. The number of benzene rings is 2. The number of carbonyl (C=O) groups is 1. The number of hydrogen-bond donors (Lipinski definition) is 1. The number of nitrogens with one attached hydrogen (secondary N) is 1. The van der Waals surface area contributed by atoms with Crippen molar-refractivity contribution in [3.8, 4) is 5.75 Å². The summed E-state index contributed by atoms with van der Waals surface area (Å²) in [6.45, 7) is 12.7. The fourth-order valence-electron chi connectivity index (χ4n) is 3.96. The molecule has 0 radical (unpaired) electrons. The van der Waals surface area contributed by atoms with Gasteiger partial charge in [0.1, 0.15) is 5.75 Å². The molecule has 1 fully saturated rings. The number of carbonyl (C=O) groups excluding carboxylic acids is 1. The Hall–Kier alpha value is -2.49. The molecule has 4 heteroatoms. The SMILES string of the molecule is CC1CCN(c2ccc([C@@H](C)NC(=O)[C@H](C)Oc3ccccc3C(C)C)cc2)CC1. The topological polar surface area (TPSA) is 41.6 Å². The molecular formula is C26H36N2O2. The minimum absolute atomic E-state index is 0.0701. The highest BCUT2D eigenvalue weighted by molar-refractivity contribution is 5.81. The van der Waals surface area contributed by atoms with Gasteiger partial charge in [-0.2, -0.15) is 0 Å². The van der Waals surface area contributed by atoms with Crippen molar-refractivity contribution in [3.63, 3.8) is 0 Å². The van der Waals surface area contributed by atoms with Crippen molar-refractivity contribution in [1.29, 1.82) is 0 Å². The Labute approximate surface area is 181 Å². The predicted octanol–water partition coefficient (Wildman–Crippen LogP) is 5.69. The van der Waals surface area contributed by atoms with Crippen molar-refractivity contribution >= 4 is 11.6 Å². The molecule has 2 aromatic carbocycles. The van der Waals surface area contributed by atoms with Crippen molar-refractivity contribution < 1.29 is 9.53 Å². The highest BCUT2D eigenvalue weighted by Gasteiger charge is 2.20. The summed E-state index contributed by atoms with van der Waals surface area (Å²) < 4.78 is 5.99. The average Bonchev–Trinajstić information content (AvgIpc) is 2.74. The van der Waals surface area contributed by atoms with Crippen LogP contribution in [0.4, 0.5) is 5.69 Å². The van der Waals surface area contributed by atoms with Gasteiger partial charge in [-0.15, -0.1) is 0 Å². The van der Waals surface area contributed by atoms with Gasteiger partial charge in [0.2, 0.25) is 0 Å². The van der Waals surface area contributed by atoms with Gasteiger partial charge < -0.3 is 15.0 Å². The second-order valence-corrected chi connectivity index (χ2v) is 8.94. The quantitative estimate of drug-likeness (QED) is 0.640. The number of amides is 1. The summed E-state index contributed by atoms with van der Waals surface area (Å²) >= 11 is 0. The van der Waals surface area contributed by atoms with E-state index < -0.39 is 6.10 Å². The Morgan fingerprint density at radius 1 is 1.00 bits per heavy atom. The van der Waals surface area contributed by atoms with Gasteiger partial charge in [0.25, 0.3) is 5.91 Å². The molecule has 3 rings (SSSR count). The third-order valence-corrected chi connectivity index (χ3v) is 6.11. The average molecular weight is 409 g/mol. The van der Waals surface area contributed by atoms with Crippen LogP contribution in [0.5, 0.6) is 5.75 Å². The van der Waals surface area contributed by atoms with E-state index >= 15 is 0 Å². The van der Waals surface area contributed by atoms with Gasteiger partial charge in [0.15, 0.2) is 6.10 Å². The van der Waals surface area contributed by atoms with Crippen LogP contribution in [0.1, 0.15) is 70.5 Å². The zero-order chi connectivity index (χ0) is 21.7. The second-order valence-electron chi connectivity index (χ2n) is 8.94. The first-order valence-electron chi connectivity index (χ1n) is 11.3. The van der Waals surface area contributed by atoms with Crippen LogP contribution in [0.3, 0.4) is 0 Å². The monoisotopic (exact) mass is 408 g/mol. The van der Waals surface area contributed by atoms with Crippen LogP contribution < -0.4 is 15.0 Å². The molecular weight excluding hydrogens is 372 g/mol. The number of piperidine rings is 1. The summed E-state index contributed by atoms with van der Waals surface area (Å²) in [6, 6.07) is 16.5. The first-order valence-corrected chi connectivity index (χ1v) is 11.3. The Morgan fingerprint density at radius 3 is 2.27 bits per heavy atom. The standard InChI is InChI=1S/C26H36N2O2/c1-18(2)24-8-6-7-9-25(24)30-21(5)26(29)27-20(4)22-10-12-23(13-11-22)28-16-14-19(3)15-17-28/h6-13,18-21H,14-17H2,1-5H3,(H,27,29)/t20-,21+/m1/s1. The minimum atomic E-state index is -0.554. The first-order chi connectivity index (χ1) is 14.3. The molecule has 1 heterocycles. The van der Waals surface area contributed by atoms with Gasteiger partial charge >= 0.3 is 0 Å². The number of nitrogens with zero attached hydrogens (tertiary/aromatic N) is 1. The van der Waals surface area contributed by atoms with Crippen LogP contribution in [-0.4, -0.2) is 25.1 Å². The fourth-order valence-corrected chi connectivity index (χ4v) is 3.96. The number of rotatable bonds is 7. The number of hydrogen-bond acceptors (Lipinski definition) is 3. The lowest BCUT2D eigenvalue weighted by molar-refractivity contribution is -0.127. The fraction of sp³-hybridized carbons (Fsp3) is 0.500. The van der Waals surface area contributed by atoms with E-state index in [1.807, 2.05) is 25.1 Å². The first kappa shape index (κ1) is 22.2. The third-order valence-electron chi connectivity index (χ3n) is 6.11. The van der Waals surface area contributed by atoms with E-state index in [2.05, 4.69) is 61.3 Å². The Morgan fingerprint density at radius 2 is 1.63 bits per heavy atom. The molecule has 0 spiro atoms. The lowest BCUT2D eigenvalue weighted by Gasteiger charge is -2.32. The third kappa shape index (κ3) is 5.56. The summed E-state index contributed by atoms with van der Waals surface area (Å²) in [5.74, 6) is 1.85. The molecule has 1 amide bonds. The van der Waals surface area contributed by atoms with E-state index in [1.54, 1.807) is 6.92 Å². The molecule has 0 aromatic heterocycles. The molecule has 1 aliphatic rings. The van der Waals surface area contributed by atoms with Crippen LogP contribution in [0.25, 0.3) is 0 Å². The summed E-state index contributed by atoms with van der Waals surface area (Å²) in [4.78, 5) is 15.2. The molecule has 0 bridgehead atoms. The van der Waals surface area contributed by atoms with Gasteiger partial charge in [-0.1, -0.05) is 51.1 Å². The van der Waals surface area contributed by atoms with Gasteiger partial charge in [-0.3, -0.25) is 4.79 Å². The van der Waals surface area contributed by atoms with Gasteiger partial charge in [0.05, 0.1) is 6.04 Å². The lowest BCUT2D eigenvalue weighted by Crippen LogP contribution is -2.38. The normalized spacial score (nSPS) is 16.9. The van der Waals surface area contributed by atoms with E-state index in [1.165, 1.54) is 18.5 Å². The maximum atomic E-state index is 12.7. The summed E-state index contributed by atoms with van der Waals surface area (Å²) in [7, 11) is 0. The molecule has 4 nitrogen and oxygen atoms in total. The molecule has 2 atom stereocenters. The Bertz CT molecular complexity index is 823. The highest BCUT2D eigenvalue weighted by atomic mass is 16.5. The molecule has 162 valence electrons. The Balaban J connectivity index is 1.57. The van der Waals surface area contributed by atoms with Gasteiger partial charge in [-0.05, 0) is 67.9 Å². The molecule has 0 saturated carbocycles. The van der Waals surface area contributed by atoms with Gasteiger partial charge in [-0.25, -0.2) is 0 Å². The van der Waals surface area contributed by atoms with Crippen LogP contribution in [0, 0.1) is 5.92 Å².